The van der Waals surface area contributed by atoms with Gasteiger partial charge in [0.2, 0.25) is 0 Å². The highest BCUT2D eigenvalue weighted by Crippen LogP contribution is 2.30. The van der Waals surface area contributed by atoms with E-state index in [-0.39, 0.29) is 16.7 Å². The Labute approximate surface area is 113 Å². The van der Waals surface area contributed by atoms with E-state index in [1.54, 1.807) is 19.1 Å². The van der Waals surface area contributed by atoms with Gasteiger partial charge in [0.25, 0.3) is 5.69 Å². The van der Waals surface area contributed by atoms with Crippen molar-refractivity contribution in [2.45, 2.75) is 38.6 Å². The number of nitrogens with two attached hydrogens (primary N) is 1. The smallest absolute Gasteiger partial charge is 0.272 e. The third-order valence-electron chi connectivity index (χ3n) is 3.97. The number of anilines is 1. The lowest BCUT2D eigenvalue weighted by Crippen LogP contribution is -2.35. The van der Waals surface area contributed by atoms with E-state index in [1.807, 2.05) is 6.07 Å². The standard InChI is InChI=1S/C14H21N3O2/c1-10-8-12(6-7-14(10)17(18)19)16-13(9-15)11-4-2-3-5-11/h6-8,11,13,16H,2-5,9,15H2,1H3. The maximum absolute atomic E-state index is 10.8. The minimum atomic E-state index is -0.351. The minimum Gasteiger partial charge on any atom is -0.381 e. The van der Waals surface area contributed by atoms with Crippen LogP contribution in [0.4, 0.5) is 11.4 Å². The molecule has 1 aromatic carbocycles. The zero-order chi connectivity index (χ0) is 13.8. The molecule has 1 aromatic rings. The van der Waals surface area contributed by atoms with Crippen LogP contribution in [0.1, 0.15) is 31.2 Å². The van der Waals surface area contributed by atoms with Gasteiger partial charge in [0.15, 0.2) is 0 Å². The number of hydrogen-bond donors (Lipinski definition) is 2. The molecular formula is C14H21N3O2. The van der Waals surface area contributed by atoms with Gasteiger partial charge in [-0.2, -0.15) is 0 Å². The molecule has 104 valence electrons. The third kappa shape index (κ3) is 3.23. The van der Waals surface area contributed by atoms with Crippen molar-refractivity contribution in [3.63, 3.8) is 0 Å². The van der Waals surface area contributed by atoms with Crippen molar-refractivity contribution < 1.29 is 4.92 Å². The first-order chi connectivity index (χ1) is 9.11. The van der Waals surface area contributed by atoms with Crippen molar-refractivity contribution >= 4 is 11.4 Å². The molecule has 0 saturated heterocycles. The second-order valence-corrected chi connectivity index (χ2v) is 5.29. The molecule has 1 aliphatic carbocycles. The summed E-state index contributed by atoms with van der Waals surface area (Å²) < 4.78 is 0. The van der Waals surface area contributed by atoms with E-state index >= 15 is 0 Å². The van der Waals surface area contributed by atoms with Crippen LogP contribution in [0.2, 0.25) is 0 Å². The van der Waals surface area contributed by atoms with Crippen molar-refractivity contribution in [3.8, 4) is 0 Å². The van der Waals surface area contributed by atoms with Gasteiger partial charge in [-0.3, -0.25) is 10.1 Å². The quantitative estimate of drug-likeness (QED) is 0.632. The van der Waals surface area contributed by atoms with Gasteiger partial charge in [0.1, 0.15) is 0 Å². The summed E-state index contributed by atoms with van der Waals surface area (Å²) in [6.07, 6.45) is 5.01. The molecule has 0 amide bonds. The molecule has 1 aliphatic rings. The third-order valence-corrected chi connectivity index (χ3v) is 3.97. The predicted octanol–water partition coefficient (Wildman–Crippen LogP) is 2.83. The Bertz CT molecular complexity index is 456. The van der Waals surface area contributed by atoms with Crippen LogP contribution in [-0.2, 0) is 0 Å². The lowest BCUT2D eigenvalue weighted by atomic mass is 9.98. The Morgan fingerprint density at radius 2 is 2.16 bits per heavy atom. The molecule has 19 heavy (non-hydrogen) atoms. The molecule has 5 heteroatoms. The monoisotopic (exact) mass is 263 g/mol. The van der Waals surface area contributed by atoms with Gasteiger partial charge in [-0.25, -0.2) is 0 Å². The Kier molecular flexibility index (Phi) is 4.37. The molecule has 1 fully saturated rings. The molecule has 1 saturated carbocycles. The first-order valence-corrected chi connectivity index (χ1v) is 6.83. The van der Waals surface area contributed by atoms with Crippen LogP contribution < -0.4 is 11.1 Å². The van der Waals surface area contributed by atoms with Gasteiger partial charge in [0.05, 0.1) is 4.92 Å². The topological polar surface area (TPSA) is 81.2 Å². The minimum absolute atomic E-state index is 0.163. The fourth-order valence-electron chi connectivity index (χ4n) is 2.89. The van der Waals surface area contributed by atoms with E-state index in [9.17, 15) is 10.1 Å². The fourth-order valence-corrected chi connectivity index (χ4v) is 2.89. The van der Waals surface area contributed by atoms with E-state index in [1.165, 1.54) is 25.7 Å². The average molecular weight is 263 g/mol. The summed E-state index contributed by atoms with van der Waals surface area (Å²) in [4.78, 5) is 10.4. The lowest BCUT2D eigenvalue weighted by Gasteiger charge is -2.24. The Hall–Kier alpha value is -1.62. The number of rotatable bonds is 5. The number of nitro benzene ring substituents is 1. The molecule has 0 spiro atoms. The zero-order valence-corrected chi connectivity index (χ0v) is 11.3. The Morgan fingerprint density at radius 3 is 2.68 bits per heavy atom. The van der Waals surface area contributed by atoms with Crippen molar-refractivity contribution in [3.05, 3.63) is 33.9 Å². The van der Waals surface area contributed by atoms with Crippen molar-refractivity contribution in [1.29, 1.82) is 0 Å². The molecule has 0 aliphatic heterocycles. The number of hydrogen-bond acceptors (Lipinski definition) is 4. The fraction of sp³-hybridized carbons (Fsp3) is 0.571. The van der Waals surface area contributed by atoms with Crippen LogP contribution >= 0.6 is 0 Å². The Balaban J connectivity index is 2.09. The molecular weight excluding hydrogens is 242 g/mol. The maximum atomic E-state index is 10.8. The van der Waals surface area contributed by atoms with Crippen molar-refractivity contribution in [1.82, 2.24) is 0 Å². The lowest BCUT2D eigenvalue weighted by molar-refractivity contribution is -0.385. The van der Waals surface area contributed by atoms with Crippen LogP contribution in [0, 0.1) is 23.0 Å². The first-order valence-electron chi connectivity index (χ1n) is 6.83. The number of nitrogens with one attached hydrogen (secondary N) is 1. The Morgan fingerprint density at radius 1 is 1.47 bits per heavy atom. The summed E-state index contributed by atoms with van der Waals surface area (Å²) in [6.45, 7) is 2.36. The molecule has 0 heterocycles. The summed E-state index contributed by atoms with van der Waals surface area (Å²) in [7, 11) is 0. The van der Waals surface area contributed by atoms with Gasteiger partial charge >= 0.3 is 0 Å². The molecule has 0 aromatic heterocycles. The van der Waals surface area contributed by atoms with Crippen LogP contribution in [0.25, 0.3) is 0 Å². The molecule has 0 radical (unpaired) electrons. The molecule has 3 N–H and O–H groups in total. The highest BCUT2D eigenvalue weighted by atomic mass is 16.6. The largest absolute Gasteiger partial charge is 0.381 e. The maximum Gasteiger partial charge on any atom is 0.272 e. The second kappa shape index (κ2) is 6.02. The molecule has 0 bridgehead atoms. The predicted molar refractivity (Wildman–Crippen MR) is 76.3 cm³/mol. The number of aryl methyl sites for hydroxylation is 1. The van der Waals surface area contributed by atoms with Crippen molar-refractivity contribution in [2.24, 2.45) is 11.7 Å². The number of nitrogens with zero attached hydrogens (tertiary/aromatic N) is 1. The second-order valence-electron chi connectivity index (χ2n) is 5.29. The van der Waals surface area contributed by atoms with Crippen LogP contribution in [0.3, 0.4) is 0 Å². The summed E-state index contributed by atoms with van der Waals surface area (Å²) >= 11 is 0. The van der Waals surface area contributed by atoms with Crippen molar-refractivity contribution in [2.75, 3.05) is 11.9 Å². The highest BCUT2D eigenvalue weighted by molar-refractivity contribution is 5.54. The zero-order valence-electron chi connectivity index (χ0n) is 11.3. The van der Waals surface area contributed by atoms with Crippen LogP contribution in [0.5, 0.6) is 0 Å². The molecule has 1 unspecified atom stereocenters. The molecule has 1 atom stereocenters. The van der Waals surface area contributed by atoms with Gasteiger partial charge < -0.3 is 11.1 Å². The van der Waals surface area contributed by atoms with Gasteiger partial charge in [-0.1, -0.05) is 12.8 Å². The van der Waals surface area contributed by atoms with E-state index in [2.05, 4.69) is 5.32 Å². The molecule has 2 rings (SSSR count). The van der Waals surface area contributed by atoms with E-state index in [4.69, 9.17) is 5.73 Å². The number of benzene rings is 1. The average Bonchev–Trinajstić information content (AvgIpc) is 2.89. The van der Waals surface area contributed by atoms with E-state index < -0.39 is 0 Å². The SMILES string of the molecule is Cc1cc(NC(CN)C2CCCC2)ccc1[N+](=O)[O-]. The normalized spacial score (nSPS) is 17.4. The highest BCUT2D eigenvalue weighted by Gasteiger charge is 2.24. The molecule has 5 nitrogen and oxygen atoms in total. The van der Waals surface area contributed by atoms with Crippen LogP contribution in [-0.4, -0.2) is 17.5 Å². The van der Waals surface area contributed by atoms with Gasteiger partial charge in [0, 0.05) is 29.9 Å². The summed E-state index contributed by atoms with van der Waals surface area (Å²) in [6, 6.07) is 5.42. The summed E-state index contributed by atoms with van der Waals surface area (Å²) in [5.41, 5.74) is 7.61. The summed E-state index contributed by atoms with van der Waals surface area (Å²) in [5, 5.41) is 14.2. The van der Waals surface area contributed by atoms with Gasteiger partial charge in [-0.05, 0) is 37.8 Å². The number of nitro groups is 1. The van der Waals surface area contributed by atoms with Crippen LogP contribution in [0.15, 0.2) is 18.2 Å². The summed E-state index contributed by atoms with van der Waals surface area (Å²) in [5.74, 6) is 0.625. The first kappa shape index (κ1) is 13.8. The van der Waals surface area contributed by atoms with E-state index in [0.717, 1.165) is 5.69 Å². The van der Waals surface area contributed by atoms with E-state index in [0.29, 0.717) is 18.0 Å². The van der Waals surface area contributed by atoms with Gasteiger partial charge in [-0.15, -0.1) is 0 Å².